The van der Waals surface area contributed by atoms with Crippen LogP contribution in [-0.4, -0.2) is 119 Å². The summed E-state index contributed by atoms with van der Waals surface area (Å²) in [6.07, 6.45) is -1.46. The van der Waals surface area contributed by atoms with E-state index in [-0.39, 0.29) is 37.8 Å². The number of hydrogen-bond acceptors (Lipinski definition) is 13. The number of carbonyl (C=O) groups excluding carboxylic acids is 5. The van der Waals surface area contributed by atoms with E-state index in [1.807, 2.05) is 24.0 Å². The van der Waals surface area contributed by atoms with E-state index in [1.165, 1.54) is 33.6 Å². The monoisotopic (exact) mass is 940 g/mol. The lowest BCUT2D eigenvalue weighted by molar-refractivity contribution is -0.145. The zero-order valence-electron chi connectivity index (χ0n) is 36.3. The van der Waals surface area contributed by atoms with Crippen molar-refractivity contribution in [2.45, 2.75) is 83.3 Å². The fourth-order valence-electron chi connectivity index (χ4n) is 7.53. The molecule has 4 aromatic rings. The van der Waals surface area contributed by atoms with Crippen molar-refractivity contribution < 1.29 is 51.7 Å². The van der Waals surface area contributed by atoms with Crippen LogP contribution >= 0.6 is 22.7 Å². The number of benzene rings is 2. The highest BCUT2D eigenvalue weighted by Crippen LogP contribution is 2.41. The van der Waals surface area contributed by atoms with Gasteiger partial charge in [-0.05, 0) is 48.4 Å². The van der Waals surface area contributed by atoms with Gasteiger partial charge in [-0.3, -0.25) is 24.0 Å². The van der Waals surface area contributed by atoms with Crippen LogP contribution in [0.4, 0.5) is 18.3 Å². The number of hydrogen-bond donors (Lipinski definition) is 5. The van der Waals surface area contributed by atoms with Crippen molar-refractivity contribution in [2.24, 2.45) is 5.41 Å². The number of amides is 5. The third-order valence-electron chi connectivity index (χ3n) is 11.4. The zero-order chi connectivity index (χ0) is 46.6. The molecule has 16 nitrogen and oxygen atoms in total. The molecular formula is C44H51F3N8O8S2. The lowest BCUT2D eigenvalue weighted by Crippen LogP contribution is -2.59. The van der Waals surface area contributed by atoms with Crippen LogP contribution in [0.1, 0.15) is 63.8 Å². The van der Waals surface area contributed by atoms with E-state index >= 15 is 4.39 Å². The molecule has 3 fully saturated rings. The van der Waals surface area contributed by atoms with Crippen molar-refractivity contribution in [1.29, 1.82) is 0 Å². The molecule has 4 atom stereocenters. The van der Waals surface area contributed by atoms with Crippen LogP contribution in [0, 0.1) is 24.0 Å². The summed E-state index contributed by atoms with van der Waals surface area (Å²) in [5, 5.41) is 23.5. The number of nitrogens with zero attached hydrogens (tertiary/aromatic N) is 4. The Kier molecular flexibility index (Phi) is 14.5. The van der Waals surface area contributed by atoms with E-state index in [4.69, 9.17) is 9.47 Å². The summed E-state index contributed by atoms with van der Waals surface area (Å²) in [6, 6.07) is 5.99. The summed E-state index contributed by atoms with van der Waals surface area (Å²) >= 11 is 2.77. The number of rotatable bonds is 16. The van der Waals surface area contributed by atoms with Gasteiger partial charge >= 0.3 is 0 Å². The maximum atomic E-state index is 15.1. The number of carbonyl (C=O) groups is 5. The zero-order valence-corrected chi connectivity index (χ0v) is 37.9. The van der Waals surface area contributed by atoms with Gasteiger partial charge in [0.15, 0.2) is 29.0 Å². The van der Waals surface area contributed by atoms with Gasteiger partial charge in [0.2, 0.25) is 23.5 Å². The number of aliphatic hydroxyl groups excluding tert-OH is 1. The van der Waals surface area contributed by atoms with Gasteiger partial charge < -0.3 is 45.6 Å². The van der Waals surface area contributed by atoms with Gasteiger partial charge in [-0.1, -0.05) is 45.0 Å². The molecule has 0 bridgehead atoms. The highest BCUT2D eigenvalue weighted by atomic mass is 32.1. The minimum absolute atomic E-state index is 0.0437. The number of halogens is 3. The average molecular weight is 941 g/mol. The molecule has 1 aliphatic carbocycles. The van der Waals surface area contributed by atoms with Gasteiger partial charge in [0.1, 0.15) is 12.1 Å². The summed E-state index contributed by atoms with van der Waals surface area (Å²) in [5.74, 6) is -6.59. The molecule has 3 aliphatic rings. The molecule has 5 N–H and O–H groups in total. The van der Waals surface area contributed by atoms with Crippen LogP contribution in [0.25, 0.3) is 21.7 Å². The normalized spacial score (nSPS) is 19.0. The molecule has 65 heavy (non-hydrogen) atoms. The second-order valence-electron chi connectivity index (χ2n) is 17.3. The minimum Gasteiger partial charge on any atom is -0.480 e. The van der Waals surface area contributed by atoms with E-state index in [1.54, 1.807) is 43.8 Å². The van der Waals surface area contributed by atoms with Crippen molar-refractivity contribution in [3.63, 3.8) is 0 Å². The molecule has 2 aromatic carbocycles. The molecule has 4 heterocycles. The first-order chi connectivity index (χ1) is 30.9. The summed E-state index contributed by atoms with van der Waals surface area (Å²) in [6.45, 7) is 7.94. The largest absolute Gasteiger partial charge is 0.480 e. The van der Waals surface area contributed by atoms with Crippen molar-refractivity contribution in [3.05, 3.63) is 70.2 Å². The SMILES string of the molecule is Cc1ncsc1-c1ccc([C@H](CC(=O)NCNC(=O)COc2c(-c3csc(N4CCOCC4)n3)ccc(F)c2F)NC(=O)[C@@H]2C[C@@H](O)CN2C(=O)[C@@H](NC(=O)C2(F)CC2)C(C)(C)C)cc1. The van der Waals surface area contributed by atoms with Crippen LogP contribution in [0.3, 0.4) is 0 Å². The summed E-state index contributed by atoms with van der Waals surface area (Å²) in [5.41, 5.74) is 1.47. The summed E-state index contributed by atoms with van der Waals surface area (Å²) < 4.78 is 55.1. The lowest BCUT2D eigenvalue weighted by atomic mass is 9.85. The fraction of sp³-hybridized carbons (Fsp3) is 0.477. The van der Waals surface area contributed by atoms with Gasteiger partial charge in [0, 0.05) is 37.0 Å². The van der Waals surface area contributed by atoms with Crippen molar-refractivity contribution in [2.75, 3.05) is 51.0 Å². The Morgan fingerprint density at radius 2 is 1.71 bits per heavy atom. The van der Waals surface area contributed by atoms with Gasteiger partial charge in [0.05, 0.1) is 60.2 Å². The van der Waals surface area contributed by atoms with E-state index in [2.05, 4.69) is 31.2 Å². The van der Waals surface area contributed by atoms with Gasteiger partial charge in [-0.15, -0.1) is 22.7 Å². The number of morpholine rings is 1. The van der Waals surface area contributed by atoms with Crippen molar-refractivity contribution in [3.8, 4) is 27.4 Å². The number of β-amino-alcohol motifs (C(OH)–C–C–N with tert-alkyl or cyclic N) is 1. The maximum Gasteiger partial charge on any atom is 0.259 e. The molecule has 348 valence electrons. The first-order valence-corrected chi connectivity index (χ1v) is 22.9. The first kappa shape index (κ1) is 47.3. The topological polar surface area (TPSA) is 204 Å². The quantitative estimate of drug-likeness (QED) is 0.101. The number of aryl methyl sites for hydroxylation is 1. The summed E-state index contributed by atoms with van der Waals surface area (Å²) in [4.78, 5) is 80.3. The van der Waals surface area contributed by atoms with Crippen molar-refractivity contribution >= 4 is 57.3 Å². The minimum atomic E-state index is -2.05. The Morgan fingerprint density at radius 3 is 2.37 bits per heavy atom. The number of alkyl halides is 1. The number of ether oxygens (including phenoxy) is 2. The Labute approximate surface area is 381 Å². The number of aromatic nitrogens is 2. The number of likely N-dealkylation sites (tertiary alicyclic amines) is 1. The van der Waals surface area contributed by atoms with E-state index in [0.717, 1.165) is 22.2 Å². The van der Waals surface area contributed by atoms with Crippen LogP contribution < -0.4 is 30.9 Å². The Bertz CT molecular complexity index is 2400. The predicted octanol–water partition coefficient (Wildman–Crippen LogP) is 4.17. The third-order valence-corrected chi connectivity index (χ3v) is 13.3. The molecule has 0 spiro atoms. The molecule has 2 saturated heterocycles. The predicted molar refractivity (Wildman–Crippen MR) is 236 cm³/mol. The van der Waals surface area contributed by atoms with Gasteiger partial charge in [0.25, 0.3) is 11.8 Å². The van der Waals surface area contributed by atoms with Crippen LogP contribution in [-0.2, 0) is 28.7 Å². The smallest absolute Gasteiger partial charge is 0.259 e. The van der Waals surface area contributed by atoms with E-state index in [0.29, 0.717) is 42.7 Å². The first-order valence-electron chi connectivity index (χ1n) is 21.1. The van der Waals surface area contributed by atoms with Crippen LogP contribution in [0.5, 0.6) is 5.75 Å². The summed E-state index contributed by atoms with van der Waals surface area (Å²) in [7, 11) is 0. The molecule has 7 rings (SSSR count). The Hall–Kier alpha value is -5.64. The molecule has 2 aromatic heterocycles. The highest BCUT2D eigenvalue weighted by molar-refractivity contribution is 7.14. The molecule has 5 amide bonds. The number of nitrogens with one attached hydrogen (secondary N) is 4. The number of thiazole rings is 2. The molecule has 0 radical (unpaired) electrons. The molecule has 1 saturated carbocycles. The van der Waals surface area contributed by atoms with E-state index in [9.17, 15) is 37.9 Å². The average Bonchev–Trinajstić information content (AvgIpc) is 3.59. The second kappa shape index (κ2) is 19.8. The fourth-order valence-corrected chi connectivity index (χ4v) is 9.22. The molecule has 0 unspecified atom stereocenters. The van der Waals surface area contributed by atoms with Gasteiger partial charge in [-0.25, -0.2) is 18.7 Å². The van der Waals surface area contributed by atoms with E-state index < -0.39 is 95.5 Å². The number of aliphatic hydroxyl groups is 1. The van der Waals surface area contributed by atoms with Crippen LogP contribution in [0.15, 0.2) is 47.3 Å². The van der Waals surface area contributed by atoms with Gasteiger partial charge in [-0.2, -0.15) is 4.39 Å². The van der Waals surface area contributed by atoms with Crippen LogP contribution in [0.2, 0.25) is 0 Å². The third kappa shape index (κ3) is 11.3. The Morgan fingerprint density at radius 1 is 1.00 bits per heavy atom. The second-order valence-corrected chi connectivity index (χ2v) is 19.0. The lowest BCUT2D eigenvalue weighted by Gasteiger charge is -2.36. The highest BCUT2D eigenvalue weighted by Gasteiger charge is 2.53. The number of anilines is 1. The Balaban J connectivity index is 1.00. The van der Waals surface area contributed by atoms with Crippen molar-refractivity contribution in [1.82, 2.24) is 36.1 Å². The molecule has 21 heteroatoms. The molecular weight excluding hydrogens is 890 g/mol. The molecule has 2 aliphatic heterocycles. The maximum absolute atomic E-state index is 15.1. The standard InChI is InChI=1S/C44H51F3N8O8S2/c1-24-37(65-23-50-24)26-7-5-25(6-8-26)30(51-39(59)32-17-27(56)19-55(32)40(60)38(43(2,3)4)53-41(61)44(47)11-12-44)18-33(57)48-22-49-34(58)20-63-36-28(9-10-29(45)35(36)46)31-21-64-42(52-31)54-13-15-62-16-14-54/h5-10,21,23,27,30,32,38,56H,11-20,22H2,1-4H3,(H,48,57)(H,49,58)(H,51,59)(H,53,61)/t27-,30+,32+,38-/m1/s1.